The van der Waals surface area contributed by atoms with E-state index in [0.717, 1.165) is 23.7 Å². The van der Waals surface area contributed by atoms with E-state index in [-0.39, 0.29) is 17.5 Å². The van der Waals surface area contributed by atoms with Gasteiger partial charge < -0.3 is 15.5 Å². The molecule has 0 bridgehead atoms. The van der Waals surface area contributed by atoms with E-state index in [2.05, 4.69) is 15.4 Å². The third-order valence-corrected chi connectivity index (χ3v) is 5.05. The van der Waals surface area contributed by atoms with Crippen molar-refractivity contribution < 1.29 is 4.79 Å². The van der Waals surface area contributed by atoms with Crippen LogP contribution in [0.25, 0.3) is 0 Å². The second kappa shape index (κ2) is 8.33. The summed E-state index contributed by atoms with van der Waals surface area (Å²) in [5.74, 6) is -0.280. The first-order valence-electron chi connectivity index (χ1n) is 8.34. The lowest BCUT2D eigenvalue weighted by molar-refractivity contribution is 0.0751. The Labute approximate surface area is 161 Å². The number of rotatable bonds is 5. The highest BCUT2D eigenvalue weighted by Crippen LogP contribution is 2.21. The zero-order chi connectivity index (χ0) is 19.2. The monoisotopic (exact) mass is 381 g/mol. The molecule has 1 fully saturated rings. The highest BCUT2D eigenvalue weighted by atomic mass is 32.1. The first-order valence-corrected chi connectivity index (χ1v) is 9.22. The van der Waals surface area contributed by atoms with Crippen LogP contribution in [0, 0.1) is 16.7 Å². The summed E-state index contributed by atoms with van der Waals surface area (Å²) >= 11 is 1.47. The predicted molar refractivity (Wildman–Crippen MR) is 107 cm³/mol. The molecule has 1 saturated heterocycles. The first kappa shape index (κ1) is 18.4. The van der Waals surface area contributed by atoms with E-state index < -0.39 is 0 Å². The molecule has 0 unspecified atom stereocenters. The number of nitrogens with one attached hydrogen (secondary N) is 2. The zero-order valence-electron chi connectivity index (χ0n) is 14.6. The zero-order valence-corrected chi connectivity index (χ0v) is 15.4. The second-order valence-corrected chi connectivity index (χ2v) is 6.85. The van der Waals surface area contributed by atoms with Crippen molar-refractivity contribution in [3.63, 3.8) is 0 Å². The number of nitrogens with zero attached hydrogens (tertiary/aromatic N) is 4. The van der Waals surface area contributed by atoms with Crippen LogP contribution in [0.4, 0.5) is 11.4 Å². The van der Waals surface area contributed by atoms with Crippen LogP contribution in [-0.2, 0) is 0 Å². The number of nitrogens with two attached hydrogens (primary N) is 1. The van der Waals surface area contributed by atoms with E-state index in [1.165, 1.54) is 11.3 Å². The molecule has 0 spiro atoms. The van der Waals surface area contributed by atoms with Gasteiger partial charge in [-0.3, -0.25) is 15.6 Å². The molecule has 1 aromatic carbocycles. The summed E-state index contributed by atoms with van der Waals surface area (Å²) in [5, 5.41) is 21.8. The van der Waals surface area contributed by atoms with Crippen LogP contribution < -0.4 is 16.1 Å². The van der Waals surface area contributed by atoms with Crippen molar-refractivity contribution in [2.75, 3.05) is 36.5 Å². The number of nitriles is 1. The molecule has 3 rings (SSSR count). The molecule has 1 aliphatic rings. The van der Waals surface area contributed by atoms with Crippen molar-refractivity contribution in [2.45, 2.75) is 0 Å². The number of benzene rings is 1. The number of amides is 1. The smallest absolute Gasteiger partial charge is 0.264 e. The van der Waals surface area contributed by atoms with Gasteiger partial charge in [0.1, 0.15) is 6.07 Å². The minimum Gasteiger partial charge on any atom is -0.382 e. The number of anilines is 2. The van der Waals surface area contributed by atoms with Crippen LogP contribution in [0.5, 0.6) is 0 Å². The molecule has 2 aromatic rings. The van der Waals surface area contributed by atoms with E-state index in [0.29, 0.717) is 18.8 Å². The van der Waals surface area contributed by atoms with Gasteiger partial charge in [0.05, 0.1) is 10.6 Å². The fourth-order valence-corrected chi connectivity index (χ4v) is 3.43. The molecule has 138 valence electrons. The lowest BCUT2D eigenvalue weighted by Crippen LogP contribution is -2.48. The summed E-state index contributed by atoms with van der Waals surface area (Å²) in [6.45, 7) is 2.91. The van der Waals surface area contributed by atoms with Gasteiger partial charge in [-0.1, -0.05) is 6.07 Å². The summed E-state index contributed by atoms with van der Waals surface area (Å²) in [6.07, 6.45) is 0. The molecule has 0 radical (unpaired) electrons. The fourth-order valence-electron chi connectivity index (χ4n) is 2.74. The number of hydrogen-bond donors (Lipinski definition) is 3. The van der Waals surface area contributed by atoms with Crippen LogP contribution in [0.15, 0.2) is 46.9 Å². The summed E-state index contributed by atoms with van der Waals surface area (Å²) in [4.78, 5) is 17.3. The maximum absolute atomic E-state index is 12.4. The Kier molecular flexibility index (Phi) is 5.68. The van der Waals surface area contributed by atoms with Gasteiger partial charge in [0.15, 0.2) is 5.84 Å². The molecule has 1 aliphatic heterocycles. The Morgan fingerprint density at radius 3 is 2.48 bits per heavy atom. The molecule has 8 nitrogen and oxygen atoms in total. The highest BCUT2D eigenvalue weighted by molar-refractivity contribution is 7.12. The molecular formula is C18H19N7OS. The molecule has 1 aromatic heterocycles. The molecule has 2 heterocycles. The Balaban J connectivity index is 1.57. The minimum atomic E-state index is -0.378. The third kappa shape index (κ3) is 4.43. The van der Waals surface area contributed by atoms with Gasteiger partial charge in [-0.25, -0.2) is 0 Å². The molecule has 9 heteroatoms. The standard InChI is InChI=1S/C18H19N7OS/c19-12-15(17(20)21)23-22-13-3-5-14(6-4-13)24-7-9-25(10-8-24)18(26)16-2-1-11-27-16/h1-6,11,22H,7-10H2,(H3,20,21)/b23-15+. The number of carbonyl (C=O) groups is 1. The summed E-state index contributed by atoms with van der Waals surface area (Å²) in [5.41, 5.74) is 9.56. The van der Waals surface area contributed by atoms with Crippen LogP contribution in [0.2, 0.25) is 0 Å². The van der Waals surface area contributed by atoms with Crippen LogP contribution >= 0.6 is 11.3 Å². The molecule has 0 saturated carbocycles. The Morgan fingerprint density at radius 1 is 1.22 bits per heavy atom. The molecule has 1 amide bonds. The van der Waals surface area contributed by atoms with Gasteiger partial charge >= 0.3 is 0 Å². The lowest BCUT2D eigenvalue weighted by atomic mass is 10.2. The molecule has 27 heavy (non-hydrogen) atoms. The van der Waals surface area contributed by atoms with E-state index in [9.17, 15) is 4.79 Å². The Hall–Kier alpha value is -3.38. The first-order chi connectivity index (χ1) is 13.1. The average Bonchev–Trinajstić information content (AvgIpc) is 3.23. The molecule has 0 aliphatic carbocycles. The second-order valence-electron chi connectivity index (χ2n) is 5.90. The van der Waals surface area contributed by atoms with Crippen molar-refractivity contribution in [3.8, 4) is 6.07 Å². The summed E-state index contributed by atoms with van der Waals surface area (Å²) in [6, 6.07) is 13.1. The number of amidine groups is 1. The summed E-state index contributed by atoms with van der Waals surface area (Å²) in [7, 11) is 0. The van der Waals surface area contributed by atoms with Crippen LogP contribution in [0.1, 0.15) is 9.67 Å². The fraction of sp³-hybridized carbons (Fsp3) is 0.222. The van der Waals surface area contributed by atoms with Gasteiger partial charge in [0.25, 0.3) is 5.91 Å². The van der Waals surface area contributed by atoms with Crippen molar-refractivity contribution in [1.82, 2.24) is 4.90 Å². The summed E-state index contributed by atoms with van der Waals surface area (Å²) < 4.78 is 0. The number of piperazine rings is 1. The van der Waals surface area contributed by atoms with Gasteiger partial charge in [-0.15, -0.1) is 11.3 Å². The maximum Gasteiger partial charge on any atom is 0.264 e. The van der Waals surface area contributed by atoms with Crippen LogP contribution in [-0.4, -0.2) is 48.5 Å². The molecule has 4 N–H and O–H groups in total. The highest BCUT2D eigenvalue weighted by Gasteiger charge is 2.22. The quantitative estimate of drug-likeness (QED) is 0.415. The number of carbonyl (C=O) groups excluding carboxylic acids is 1. The SMILES string of the molecule is N#C/C(=N\Nc1ccc(N2CCN(C(=O)c3cccs3)CC2)cc1)C(=N)N. The Morgan fingerprint density at radius 2 is 1.93 bits per heavy atom. The van der Waals surface area contributed by atoms with Gasteiger partial charge in [0, 0.05) is 31.9 Å². The Bertz CT molecular complexity index is 875. The maximum atomic E-state index is 12.4. The number of hydrogen-bond acceptors (Lipinski definition) is 7. The molecule has 0 atom stereocenters. The van der Waals surface area contributed by atoms with Crippen molar-refractivity contribution in [1.29, 1.82) is 10.7 Å². The van der Waals surface area contributed by atoms with Crippen molar-refractivity contribution >= 4 is 40.2 Å². The van der Waals surface area contributed by atoms with E-state index in [1.807, 2.05) is 46.7 Å². The lowest BCUT2D eigenvalue weighted by Gasteiger charge is -2.36. The van der Waals surface area contributed by atoms with Gasteiger partial charge in [-0.2, -0.15) is 10.4 Å². The van der Waals surface area contributed by atoms with E-state index in [4.69, 9.17) is 16.4 Å². The predicted octanol–water partition coefficient (Wildman–Crippen LogP) is 1.94. The topological polar surface area (TPSA) is 122 Å². The minimum absolute atomic E-state index is 0.0980. The van der Waals surface area contributed by atoms with Gasteiger partial charge in [0.2, 0.25) is 5.71 Å². The normalized spacial score (nSPS) is 14.6. The van der Waals surface area contributed by atoms with Crippen molar-refractivity contribution in [3.05, 3.63) is 46.7 Å². The van der Waals surface area contributed by atoms with Gasteiger partial charge in [-0.05, 0) is 35.7 Å². The van der Waals surface area contributed by atoms with E-state index in [1.54, 1.807) is 6.07 Å². The largest absolute Gasteiger partial charge is 0.382 e. The van der Waals surface area contributed by atoms with Crippen LogP contribution in [0.3, 0.4) is 0 Å². The number of hydrazone groups is 1. The van der Waals surface area contributed by atoms with Crippen molar-refractivity contribution in [2.24, 2.45) is 10.8 Å². The number of thiophene rings is 1. The third-order valence-electron chi connectivity index (χ3n) is 4.19. The van der Waals surface area contributed by atoms with E-state index >= 15 is 0 Å². The average molecular weight is 381 g/mol. The molecular weight excluding hydrogens is 362 g/mol.